The average molecular weight is 248 g/mol. The molecule has 0 N–H and O–H groups in total. The van der Waals surface area contributed by atoms with Crippen LogP contribution < -0.4 is 0 Å². The molecule has 0 aromatic carbocycles. The van der Waals surface area contributed by atoms with Gasteiger partial charge in [-0.25, -0.2) is 0 Å². The van der Waals surface area contributed by atoms with Gasteiger partial charge in [-0.1, -0.05) is 13.8 Å². The summed E-state index contributed by atoms with van der Waals surface area (Å²) >= 11 is 0. The van der Waals surface area contributed by atoms with E-state index in [1.807, 2.05) is 20.8 Å². The molecule has 0 spiro atoms. The first kappa shape index (κ1) is 13.4. The second-order valence-corrected chi connectivity index (χ2v) is 6.19. The normalized spacial score (nSPS) is 28.4. The summed E-state index contributed by atoms with van der Waals surface area (Å²) in [4.78, 5) is 12.7. The Balaban J connectivity index is 2.25. The fourth-order valence-electron chi connectivity index (χ4n) is 3.52. The molecule has 1 aliphatic rings. The highest BCUT2D eigenvalue weighted by Crippen LogP contribution is 2.36. The van der Waals surface area contributed by atoms with E-state index in [0.717, 1.165) is 35.5 Å². The minimum Gasteiger partial charge on any atom is -0.466 e. The zero-order valence-electron chi connectivity index (χ0n) is 12.2. The standard InChI is InChI=1S/C16H24O2/c1-9-6-10(2)8-14(7-9)16(17)15-11(3)12(4)18-13(15)5/h9-10,14H,6-8H2,1-5H3. The van der Waals surface area contributed by atoms with Gasteiger partial charge in [-0.05, 0) is 51.9 Å². The van der Waals surface area contributed by atoms with E-state index in [-0.39, 0.29) is 5.92 Å². The second-order valence-electron chi connectivity index (χ2n) is 6.19. The minimum absolute atomic E-state index is 0.193. The highest BCUT2D eigenvalue weighted by Gasteiger charge is 2.32. The number of ketones is 1. The first-order chi connectivity index (χ1) is 8.40. The van der Waals surface area contributed by atoms with Crippen LogP contribution in [0, 0.1) is 38.5 Å². The van der Waals surface area contributed by atoms with Gasteiger partial charge >= 0.3 is 0 Å². The molecule has 1 fully saturated rings. The van der Waals surface area contributed by atoms with E-state index < -0.39 is 0 Å². The van der Waals surface area contributed by atoms with Crippen molar-refractivity contribution in [3.63, 3.8) is 0 Å². The highest BCUT2D eigenvalue weighted by atomic mass is 16.3. The Hall–Kier alpha value is -1.05. The fraction of sp³-hybridized carbons (Fsp3) is 0.688. The Morgan fingerprint density at radius 3 is 2.00 bits per heavy atom. The third kappa shape index (κ3) is 2.38. The van der Waals surface area contributed by atoms with Crippen LogP contribution in [0.15, 0.2) is 4.42 Å². The van der Waals surface area contributed by atoms with Crippen LogP contribution in [0.4, 0.5) is 0 Å². The van der Waals surface area contributed by atoms with Gasteiger partial charge in [0.1, 0.15) is 11.5 Å². The molecule has 100 valence electrons. The second kappa shape index (κ2) is 4.91. The maximum Gasteiger partial charge on any atom is 0.169 e. The predicted octanol–water partition coefficient (Wildman–Crippen LogP) is 4.46. The summed E-state index contributed by atoms with van der Waals surface area (Å²) in [6.45, 7) is 10.4. The van der Waals surface area contributed by atoms with Crippen molar-refractivity contribution in [2.75, 3.05) is 0 Å². The van der Waals surface area contributed by atoms with E-state index in [9.17, 15) is 4.79 Å². The number of rotatable bonds is 2. The molecule has 0 bridgehead atoms. The minimum atomic E-state index is 0.193. The van der Waals surface area contributed by atoms with Crippen molar-refractivity contribution < 1.29 is 9.21 Å². The topological polar surface area (TPSA) is 30.2 Å². The van der Waals surface area contributed by atoms with Crippen molar-refractivity contribution >= 4 is 5.78 Å². The maximum absolute atomic E-state index is 12.7. The van der Waals surface area contributed by atoms with Gasteiger partial charge in [0.25, 0.3) is 0 Å². The summed E-state index contributed by atoms with van der Waals surface area (Å²) < 4.78 is 5.59. The van der Waals surface area contributed by atoms with Crippen LogP contribution in [0.1, 0.15) is 60.6 Å². The van der Waals surface area contributed by atoms with E-state index in [1.165, 1.54) is 6.42 Å². The molecule has 0 aliphatic heterocycles. The van der Waals surface area contributed by atoms with Crippen LogP contribution >= 0.6 is 0 Å². The molecular formula is C16H24O2. The van der Waals surface area contributed by atoms with E-state index in [4.69, 9.17) is 4.42 Å². The molecule has 1 aromatic rings. The molecule has 1 heterocycles. The van der Waals surface area contributed by atoms with Gasteiger partial charge in [-0.15, -0.1) is 0 Å². The molecule has 0 radical (unpaired) electrons. The van der Waals surface area contributed by atoms with Crippen LogP contribution in [0.25, 0.3) is 0 Å². The van der Waals surface area contributed by atoms with Gasteiger partial charge in [0.05, 0.1) is 5.56 Å². The van der Waals surface area contributed by atoms with Crippen molar-refractivity contribution in [3.8, 4) is 0 Å². The Morgan fingerprint density at radius 1 is 1.00 bits per heavy atom. The molecule has 2 unspecified atom stereocenters. The van der Waals surface area contributed by atoms with Crippen molar-refractivity contribution in [1.29, 1.82) is 0 Å². The third-order valence-corrected chi connectivity index (χ3v) is 4.36. The molecule has 2 nitrogen and oxygen atoms in total. The van der Waals surface area contributed by atoms with Crippen LogP contribution in [0.5, 0.6) is 0 Å². The highest BCUT2D eigenvalue weighted by molar-refractivity contribution is 6.00. The molecule has 0 amide bonds. The number of carbonyl (C=O) groups excluding carboxylic acids is 1. The lowest BCUT2D eigenvalue weighted by molar-refractivity contribution is 0.0834. The average Bonchev–Trinajstić information content (AvgIpc) is 2.51. The van der Waals surface area contributed by atoms with Gasteiger partial charge < -0.3 is 4.42 Å². The van der Waals surface area contributed by atoms with Gasteiger partial charge in [0, 0.05) is 11.5 Å². The summed E-state index contributed by atoms with van der Waals surface area (Å²) in [5.74, 6) is 3.50. The van der Waals surface area contributed by atoms with E-state index in [1.54, 1.807) is 0 Å². The molecule has 0 saturated heterocycles. The van der Waals surface area contributed by atoms with Crippen LogP contribution in [-0.4, -0.2) is 5.78 Å². The van der Waals surface area contributed by atoms with Gasteiger partial charge in [-0.2, -0.15) is 0 Å². The molecule has 1 aromatic heterocycles. The lowest BCUT2D eigenvalue weighted by Gasteiger charge is -2.30. The smallest absolute Gasteiger partial charge is 0.169 e. The third-order valence-electron chi connectivity index (χ3n) is 4.36. The number of hydrogen-bond donors (Lipinski definition) is 0. The number of hydrogen-bond acceptors (Lipinski definition) is 2. The predicted molar refractivity (Wildman–Crippen MR) is 72.9 cm³/mol. The lowest BCUT2D eigenvalue weighted by atomic mass is 9.73. The van der Waals surface area contributed by atoms with Crippen molar-refractivity contribution in [2.45, 2.75) is 53.9 Å². The molecule has 2 atom stereocenters. The number of aryl methyl sites for hydroxylation is 2. The van der Waals surface area contributed by atoms with Gasteiger partial charge in [0.2, 0.25) is 0 Å². The van der Waals surface area contributed by atoms with Crippen molar-refractivity contribution in [1.82, 2.24) is 0 Å². The van der Waals surface area contributed by atoms with E-state index >= 15 is 0 Å². The van der Waals surface area contributed by atoms with E-state index in [0.29, 0.717) is 17.6 Å². The van der Waals surface area contributed by atoms with Gasteiger partial charge in [0.15, 0.2) is 5.78 Å². The summed E-state index contributed by atoms with van der Waals surface area (Å²) in [5.41, 5.74) is 1.88. The van der Waals surface area contributed by atoms with E-state index in [2.05, 4.69) is 13.8 Å². The number of Topliss-reactive ketones (excluding diaryl/α,β-unsaturated/α-hetero) is 1. The first-order valence-electron chi connectivity index (χ1n) is 7.01. The molecular weight excluding hydrogens is 224 g/mol. The SMILES string of the molecule is Cc1oc(C)c(C(=O)C2CC(C)CC(C)C2)c1C. The summed E-state index contributed by atoms with van der Waals surface area (Å²) in [6, 6.07) is 0. The largest absolute Gasteiger partial charge is 0.466 e. The fourth-order valence-corrected chi connectivity index (χ4v) is 3.52. The maximum atomic E-state index is 12.7. The van der Waals surface area contributed by atoms with Gasteiger partial charge in [-0.3, -0.25) is 4.79 Å². The van der Waals surface area contributed by atoms with Crippen LogP contribution in [0.3, 0.4) is 0 Å². The summed E-state index contributed by atoms with van der Waals surface area (Å²) in [5, 5.41) is 0. The Labute approximate surface area is 110 Å². The summed E-state index contributed by atoms with van der Waals surface area (Å²) in [7, 11) is 0. The zero-order chi connectivity index (χ0) is 13.4. The Bertz CT molecular complexity index is 446. The molecule has 2 rings (SSSR count). The first-order valence-corrected chi connectivity index (χ1v) is 7.01. The Kier molecular flexibility index (Phi) is 3.65. The van der Waals surface area contributed by atoms with Crippen molar-refractivity contribution in [2.24, 2.45) is 17.8 Å². The molecule has 2 heteroatoms. The lowest BCUT2D eigenvalue weighted by Crippen LogP contribution is -2.26. The molecule has 18 heavy (non-hydrogen) atoms. The number of furan rings is 1. The van der Waals surface area contributed by atoms with Crippen molar-refractivity contribution in [3.05, 3.63) is 22.6 Å². The molecule has 1 saturated carbocycles. The number of carbonyl (C=O) groups is 1. The summed E-state index contributed by atoms with van der Waals surface area (Å²) in [6.07, 6.45) is 3.32. The zero-order valence-corrected chi connectivity index (χ0v) is 12.2. The van der Waals surface area contributed by atoms with Crippen LogP contribution in [-0.2, 0) is 0 Å². The van der Waals surface area contributed by atoms with Crippen LogP contribution in [0.2, 0.25) is 0 Å². The monoisotopic (exact) mass is 248 g/mol. The quantitative estimate of drug-likeness (QED) is 0.723. The molecule has 1 aliphatic carbocycles. The Morgan fingerprint density at radius 2 is 1.56 bits per heavy atom.